The van der Waals surface area contributed by atoms with Crippen molar-refractivity contribution in [3.63, 3.8) is 0 Å². The van der Waals surface area contributed by atoms with E-state index in [-0.39, 0.29) is 21.2 Å². The van der Waals surface area contributed by atoms with Crippen LogP contribution < -0.4 is 21.2 Å². The predicted molar refractivity (Wildman–Crippen MR) is 92.8 cm³/mol. The molecule has 1 unspecified atom stereocenters. The summed E-state index contributed by atoms with van der Waals surface area (Å²) >= 11 is -0.135. The van der Waals surface area contributed by atoms with Crippen LogP contribution >= 0.6 is 0 Å². The number of hydrogen-bond acceptors (Lipinski definition) is 2. The van der Waals surface area contributed by atoms with E-state index in [0.29, 0.717) is 26.8 Å². The molecule has 0 radical (unpaired) electrons. The van der Waals surface area contributed by atoms with Gasteiger partial charge in [-0.3, -0.25) is 0 Å². The number of carbonyl (C=O) groups is 1. The Bertz CT molecular complexity index is 880. The number of pyridine rings is 1. The van der Waals surface area contributed by atoms with E-state index in [1.807, 2.05) is 46.6 Å². The molecule has 2 aromatic rings. The van der Waals surface area contributed by atoms with Gasteiger partial charge >= 0.3 is 152 Å². The molecule has 24 heavy (non-hydrogen) atoms. The predicted octanol–water partition coefficient (Wildman–Crippen LogP) is 1.13. The summed E-state index contributed by atoms with van der Waals surface area (Å²) in [5.41, 5.74) is 2.92. The Balaban J connectivity index is 2.02. The normalized spacial score (nSPS) is 16.8. The Morgan fingerprint density at radius 2 is 2.17 bits per heavy atom. The fourth-order valence-electron chi connectivity index (χ4n) is 2.75. The molecule has 0 bridgehead atoms. The topological polar surface area (TPSA) is 50.2 Å². The van der Waals surface area contributed by atoms with Crippen LogP contribution in [0.15, 0.2) is 77.1 Å². The number of aromatic nitrogens is 1. The Labute approximate surface area is 151 Å². The first-order valence-electron chi connectivity index (χ1n) is 7.57. The zero-order valence-corrected chi connectivity index (χ0v) is 15.2. The van der Waals surface area contributed by atoms with Gasteiger partial charge in [-0.15, -0.1) is 0 Å². The van der Waals surface area contributed by atoms with Crippen molar-refractivity contribution in [1.82, 2.24) is 4.98 Å². The number of nitrogens with zero attached hydrogens (tertiary/aromatic N) is 1. The fraction of sp³-hybridized carbons (Fsp3) is 0.100. The molecule has 122 valence electrons. The van der Waals surface area contributed by atoms with Crippen LogP contribution in [0.25, 0.3) is 10.9 Å². The first-order valence-corrected chi connectivity index (χ1v) is 10.1. The van der Waals surface area contributed by atoms with Gasteiger partial charge in [-0.1, -0.05) is 0 Å². The molecular weight excluding hydrogens is 413 g/mol. The van der Waals surface area contributed by atoms with Gasteiger partial charge in [-0.05, 0) is 0 Å². The Morgan fingerprint density at radius 3 is 2.96 bits per heavy atom. The second kappa shape index (κ2) is 7.57. The number of allylic oxidation sites excluding steroid dienone is 6. The zero-order chi connectivity index (χ0) is 16.9. The van der Waals surface area contributed by atoms with Gasteiger partial charge in [-0.2, -0.15) is 0 Å². The molecule has 0 aliphatic heterocycles. The van der Waals surface area contributed by atoms with Crippen LogP contribution in [-0.4, -0.2) is 20.0 Å². The van der Waals surface area contributed by atoms with Crippen LogP contribution in [0.1, 0.15) is 15.9 Å². The van der Waals surface area contributed by atoms with Crippen LogP contribution in [0.4, 0.5) is 0 Å². The summed E-state index contributed by atoms with van der Waals surface area (Å²) in [7, 11) is 0. The molecule has 0 saturated carbocycles. The van der Waals surface area contributed by atoms with Crippen molar-refractivity contribution in [1.29, 1.82) is 0 Å². The third-order valence-electron chi connectivity index (χ3n) is 3.79. The molecule has 1 aliphatic carbocycles. The van der Waals surface area contributed by atoms with Gasteiger partial charge < -0.3 is 0 Å². The molecular formula is C20H17INO2-. The number of benzene rings is 1. The van der Waals surface area contributed by atoms with Crippen LogP contribution in [0.2, 0.25) is 0 Å². The molecule has 0 spiro atoms. The fourth-order valence-corrected chi connectivity index (χ4v) is 4.49. The van der Waals surface area contributed by atoms with Crippen molar-refractivity contribution in [2.24, 2.45) is 0 Å². The number of para-hydroxylation sites is 1. The molecule has 3 nitrogen and oxygen atoms in total. The van der Waals surface area contributed by atoms with E-state index in [1.165, 1.54) is 0 Å². The number of halogens is 1. The Morgan fingerprint density at radius 1 is 1.33 bits per heavy atom. The van der Waals surface area contributed by atoms with Crippen molar-refractivity contribution in [2.45, 2.75) is 10.3 Å². The molecule has 1 aromatic carbocycles. The van der Waals surface area contributed by atoms with Crippen LogP contribution in [0, 0.1) is 0 Å². The van der Waals surface area contributed by atoms with Crippen molar-refractivity contribution in [3.8, 4) is 0 Å². The average molecular weight is 430 g/mol. The van der Waals surface area contributed by atoms with Crippen molar-refractivity contribution < 1.29 is 31.1 Å². The molecule has 1 aromatic heterocycles. The number of rotatable bonds is 5. The van der Waals surface area contributed by atoms with Crippen LogP contribution in [-0.2, 0) is 6.42 Å². The van der Waals surface area contributed by atoms with Gasteiger partial charge in [0, 0.05) is 0 Å². The maximum atomic E-state index is 11.8. The van der Waals surface area contributed by atoms with Crippen LogP contribution in [0.3, 0.4) is 0 Å². The van der Waals surface area contributed by atoms with Gasteiger partial charge in [0.1, 0.15) is 0 Å². The summed E-state index contributed by atoms with van der Waals surface area (Å²) in [6.45, 7) is 3.84. The van der Waals surface area contributed by atoms with Gasteiger partial charge in [0.05, 0.1) is 0 Å². The van der Waals surface area contributed by atoms with Crippen molar-refractivity contribution >= 4 is 16.9 Å². The molecule has 1 N–H and O–H groups in total. The number of fused-ring (bicyclic) bond motifs is 1. The number of hydrogen-bond donors (Lipinski definition) is 1. The first kappa shape index (κ1) is 16.6. The van der Waals surface area contributed by atoms with Gasteiger partial charge in [0.15, 0.2) is 0 Å². The first-order chi connectivity index (χ1) is 11.7. The van der Waals surface area contributed by atoms with E-state index >= 15 is 0 Å². The van der Waals surface area contributed by atoms with Crippen molar-refractivity contribution in [2.75, 3.05) is 0 Å². The molecule has 0 amide bonds. The van der Waals surface area contributed by atoms with Crippen molar-refractivity contribution in [3.05, 3.63) is 88.2 Å². The SMILES string of the molecule is C=C[I-]C1C=CC=CC(Cc2cnc3ccccc3c2C(=O)O)=C1. The van der Waals surface area contributed by atoms with Gasteiger partial charge in [-0.25, -0.2) is 0 Å². The molecule has 0 fully saturated rings. The standard InChI is InChI=1S/C20H17INO2/c1-2-21-16-8-4-3-7-14(12-16)11-15-13-22-18-10-6-5-9-17(18)19(15)20(23)24/h2-10,12-13,16H,1,11H2,(H,23,24)/q-1. The summed E-state index contributed by atoms with van der Waals surface area (Å²) in [6.07, 6.45) is 12.8. The van der Waals surface area contributed by atoms with E-state index in [9.17, 15) is 9.90 Å². The van der Waals surface area contributed by atoms with Gasteiger partial charge in [0.25, 0.3) is 0 Å². The summed E-state index contributed by atoms with van der Waals surface area (Å²) in [5, 5.41) is 10.4. The van der Waals surface area contributed by atoms with E-state index in [1.54, 1.807) is 6.20 Å². The summed E-state index contributed by atoms with van der Waals surface area (Å²) < 4.78 is 2.40. The van der Waals surface area contributed by atoms with E-state index in [4.69, 9.17) is 0 Å². The molecule has 3 rings (SSSR count). The van der Waals surface area contributed by atoms with E-state index < -0.39 is 5.97 Å². The second-order valence-corrected chi connectivity index (χ2v) is 8.41. The molecule has 0 saturated heterocycles. The Hall–Kier alpha value is -2.21. The number of carboxylic acids is 1. The minimum absolute atomic E-state index is 0.135. The average Bonchev–Trinajstić information content (AvgIpc) is 2.79. The zero-order valence-electron chi connectivity index (χ0n) is 13.0. The molecule has 1 atom stereocenters. The summed E-state index contributed by atoms with van der Waals surface area (Å²) in [6, 6.07) is 7.37. The number of alkyl halides is 1. The quantitative estimate of drug-likeness (QED) is 0.572. The second-order valence-electron chi connectivity index (χ2n) is 5.37. The monoisotopic (exact) mass is 430 g/mol. The minimum atomic E-state index is -0.907. The molecule has 4 heteroatoms. The Kier molecular flexibility index (Phi) is 5.25. The number of carboxylic acid groups (broad SMARTS) is 1. The third-order valence-corrected chi connectivity index (χ3v) is 5.90. The molecule has 1 aliphatic rings. The van der Waals surface area contributed by atoms with E-state index in [2.05, 4.69) is 23.7 Å². The van der Waals surface area contributed by atoms with E-state index in [0.717, 1.165) is 11.1 Å². The molecule has 1 heterocycles. The maximum absolute atomic E-state index is 11.8. The summed E-state index contributed by atoms with van der Waals surface area (Å²) in [5.74, 6) is -0.907. The third kappa shape index (κ3) is 3.64. The van der Waals surface area contributed by atoms with Crippen LogP contribution in [0.5, 0.6) is 0 Å². The van der Waals surface area contributed by atoms with Gasteiger partial charge in [0.2, 0.25) is 0 Å². The summed E-state index contributed by atoms with van der Waals surface area (Å²) in [4.78, 5) is 16.3. The number of aromatic carboxylic acids is 1.